The summed E-state index contributed by atoms with van der Waals surface area (Å²) in [5.41, 5.74) is 6.66. The Morgan fingerprint density at radius 1 is 1.23 bits per heavy atom. The number of anilines is 1. The number of aromatic nitrogens is 2. The third kappa shape index (κ3) is 1.38. The van der Waals surface area contributed by atoms with Gasteiger partial charge in [0.25, 0.3) is 0 Å². The van der Waals surface area contributed by atoms with E-state index in [1.807, 2.05) is 30.3 Å². The molecule has 2 N–H and O–H groups in total. The lowest BCUT2D eigenvalue weighted by molar-refractivity contribution is 1.07. The summed E-state index contributed by atoms with van der Waals surface area (Å²) in [6.45, 7) is 0. The van der Waals surface area contributed by atoms with Crippen molar-refractivity contribution >= 4 is 17.4 Å². The molecule has 0 saturated heterocycles. The van der Waals surface area contributed by atoms with Gasteiger partial charge in [-0.25, -0.2) is 4.98 Å². The normalized spacial score (nSPS) is 10.2. The van der Waals surface area contributed by atoms with E-state index in [-0.39, 0.29) is 0 Å². The smallest absolute Gasteiger partial charge is 0.171 e. The van der Waals surface area contributed by atoms with Crippen LogP contribution in [0.1, 0.15) is 0 Å². The van der Waals surface area contributed by atoms with Crippen LogP contribution in [0.2, 0.25) is 5.15 Å². The third-order valence-electron chi connectivity index (χ3n) is 1.79. The molecule has 0 aliphatic rings. The van der Waals surface area contributed by atoms with E-state index in [1.165, 1.54) is 0 Å². The van der Waals surface area contributed by atoms with Crippen molar-refractivity contribution < 1.29 is 0 Å². The second-order valence-corrected chi connectivity index (χ2v) is 2.98. The molecule has 0 aliphatic heterocycles. The number of rotatable bonds is 1. The third-order valence-corrected chi connectivity index (χ3v) is 2.08. The highest BCUT2D eigenvalue weighted by Crippen LogP contribution is 2.19. The average molecular weight is 194 g/mol. The van der Waals surface area contributed by atoms with Gasteiger partial charge in [-0.1, -0.05) is 29.8 Å². The lowest BCUT2D eigenvalue weighted by atomic mass is 10.3. The Labute approximate surface area is 80.8 Å². The predicted octanol–water partition coefficient (Wildman–Crippen LogP) is 2.11. The summed E-state index contributed by atoms with van der Waals surface area (Å²) in [4.78, 5) is 3.90. The molecule has 0 bridgehead atoms. The Morgan fingerprint density at radius 3 is 2.46 bits per heavy atom. The molecule has 66 valence electrons. The van der Waals surface area contributed by atoms with Gasteiger partial charge in [0.2, 0.25) is 0 Å². The van der Waals surface area contributed by atoms with Gasteiger partial charge in [0, 0.05) is 5.69 Å². The predicted molar refractivity (Wildman–Crippen MR) is 53.0 cm³/mol. The van der Waals surface area contributed by atoms with Gasteiger partial charge in [0.1, 0.15) is 12.1 Å². The zero-order chi connectivity index (χ0) is 9.26. The van der Waals surface area contributed by atoms with Crippen LogP contribution in [0.3, 0.4) is 0 Å². The number of nitrogens with two attached hydrogens (primary N) is 1. The van der Waals surface area contributed by atoms with E-state index in [0.717, 1.165) is 5.69 Å². The second kappa shape index (κ2) is 3.11. The van der Waals surface area contributed by atoms with E-state index < -0.39 is 0 Å². The Morgan fingerprint density at radius 2 is 1.92 bits per heavy atom. The first kappa shape index (κ1) is 8.13. The number of nitrogens with zero attached hydrogens (tertiary/aromatic N) is 2. The summed E-state index contributed by atoms with van der Waals surface area (Å²) in [6.07, 6.45) is 1.60. The van der Waals surface area contributed by atoms with Gasteiger partial charge in [-0.15, -0.1) is 0 Å². The van der Waals surface area contributed by atoms with Crippen LogP contribution in [-0.4, -0.2) is 9.55 Å². The fraction of sp³-hybridized carbons (Fsp3) is 0. The topological polar surface area (TPSA) is 43.8 Å². The molecule has 1 heterocycles. The van der Waals surface area contributed by atoms with Crippen molar-refractivity contribution in [2.24, 2.45) is 0 Å². The van der Waals surface area contributed by atoms with Crippen molar-refractivity contribution in [3.8, 4) is 5.69 Å². The van der Waals surface area contributed by atoms with E-state index >= 15 is 0 Å². The Kier molecular flexibility index (Phi) is 1.94. The highest BCUT2D eigenvalue weighted by molar-refractivity contribution is 6.31. The maximum Gasteiger partial charge on any atom is 0.171 e. The second-order valence-electron chi connectivity index (χ2n) is 2.63. The average Bonchev–Trinajstić information content (AvgIpc) is 2.49. The zero-order valence-electron chi connectivity index (χ0n) is 6.81. The molecule has 0 amide bonds. The zero-order valence-corrected chi connectivity index (χ0v) is 7.57. The fourth-order valence-corrected chi connectivity index (χ4v) is 1.27. The number of imidazole rings is 1. The molecule has 2 rings (SSSR count). The highest BCUT2D eigenvalue weighted by Gasteiger charge is 2.04. The summed E-state index contributed by atoms with van der Waals surface area (Å²) in [7, 11) is 0. The van der Waals surface area contributed by atoms with E-state index in [4.69, 9.17) is 17.3 Å². The molecule has 2 aromatic rings. The van der Waals surface area contributed by atoms with Gasteiger partial charge in [-0.05, 0) is 12.1 Å². The van der Waals surface area contributed by atoms with Gasteiger partial charge >= 0.3 is 0 Å². The van der Waals surface area contributed by atoms with Crippen molar-refractivity contribution in [2.45, 2.75) is 0 Å². The highest BCUT2D eigenvalue weighted by atomic mass is 35.5. The largest absolute Gasteiger partial charge is 0.382 e. The van der Waals surface area contributed by atoms with Crippen LogP contribution in [-0.2, 0) is 0 Å². The van der Waals surface area contributed by atoms with Crippen LogP contribution in [0, 0.1) is 0 Å². The van der Waals surface area contributed by atoms with E-state index in [2.05, 4.69) is 4.98 Å². The number of nitrogen functional groups attached to an aromatic ring is 1. The van der Waals surface area contributed by atoms with Gasteiger partial charge in [0.15, 0.2) is 5.15 Å². The minimum absolute atomic E-state index is 0.337. The molecule has 0 fully saturated rings. The van der Waals surface area contributed by atoms with E-state index in [9.17, 15) is 0 Å². The Hall–Kier alpha value is -1.48. The van der Waals surface area contributed by atoms with Crippen LogP contribution < -0.4 is 5.73 Å². The van der Waals surface area contributed by atoms with Crippen LogP contribution in [0.4, 0.5) is 5.82 Å². The van der Waals surface area contributed by atoms with E-state index in [0.29, 0.717) is 11.0 Å². The van der Waals surface area contributed by atoms with Gasteiger partial charge in [-0.2, -0.15) is 0 Å². The Bertz CT molecular complexity index is 408. The molecule has 0 spiro atoms. The molecular formula is C9H8ClN3. The van der Waals surface area contributed by atoms with Crippen LogP contribution in [0.15, 0.2) is 36.7 Å². The molecule has 1 aromatic heterocycles. The summed E-state index contributed by atoms with van der Waals surface area (Å²) < 4.78 is 1.74. The number of hydrogen-bond donors (Lipinski definition) is 1. The van der Waals surface area contributed by atoms with Gasteiger partial charge < -0.3 is 5.73 Å². The molecule has 13 heavy (non-hydrogen) atoms. The van der Waals surface area contributed by atoms with Crippen molar-refractivity contribution in [1.29, 1.82) is 0 Å². The van der Waals surface area contributed by atoms with Crippen molar-refractivity contribution in [3.05, 3.63) is 41.8 Å². The molecule has 4 heteroatoms. The fourth-order valence-electron chi connectivity index (χ4n) is 1.13. The first-order chi connectivity index (χ1) is 6.29. The lowest BCUT2D eigenvalue weighted by Gasteiger charge is -2.02. The molecule has 0 aliphatic carbocycles. The SMILES string of the molecule is Nc1c(Cl)ncn1-c1ccccc1. The molecule has 0 unspecified atom stereocenters. The van der Waals surface area contributed by atoms with E-state index in [1.54, 1.807) is 10.9 Å². The summed E-state index contributed by atoms with van der Waals surface area (Å²) in [5, 5.41) is 0.337. The number of benzene rings is 1. The maximum absolute atomic E-state index is 5.72. The monoisotopic (exact) mass is 193 g/mol. The lowest BCUT2D eigenvalue weighted by Crippen LogP contribution is -1.97. The molecule has 0 radical (unpaired) electrons. The van der Waals surface area contributed by atoms with Crippen LogP contribution >= 0.6 is 11.6 Å². The first-order valence-corrected chi connectivity index (χ1v) is 4.20. The first-order valence-electron chi connectivity index (χ1n) is 3.83. The summed E-state index contributed by atoms with van der Waals surface area (Å²) in [6, 6.07) is 9.69. The van der Waals surface area contributed by atoms with Gasteiger partial charge in [0.05, 0.1) is 0 Å². The van der Waals surface area contributed by atoms with Crippen molar-refractivity contribution in [1.82, 2.24) is 9.55 Å². The molecule has 0 saturated carbocycles. The minimum atomic E-state index is 0.337. The standard InChI is InChI=1S/C9H8ClN3/c10-8-9(11)13(6-12-8)7-4-2-1-3-5-7/h1-6H,11H2. The molecule has 1 aromatic carbocycles. The van der Waals surface area contributed by atoms with Crippen LogP contribution in [0.5, 0.6) is 0 Å². The van der Waals surface area contributed by atoms with Crippen LogP contribution in [0.25, 0.3) is 5.69 Å². The number of hydrogen-bond acceptors (Lipinski definition) is 2. The maximum atomic E-state index is 5.72. The Balaban J connectivity index is 2.53. The summed E-state index contributed by atoms with van der Waals surface area (Å²) >= 11 is 5.72. The number of para-hydroxylation sites is 1. The van der Waals surface area contributed by atoms with Crippen molar-refractivity contribution in [3.63, 3.8) is 0 Å². The number of halogens is 1. The molecular weight excluding hydrogens is 186 g/mol. The molecule has 3 nitrogen and oxygen atoms in total. The van der Waals surface area contributed by atoms with Crippen molar-refractivity contribution in [2.75, 3.05) is 5.73 Å². The molecule has 0 atom stereocenters. The van der Waals surface area contributed by atoms with Gasteiger partial charge in [-0.3, -0.25) is 4.57 Å². The quantitative estimate of drug-likeness (QED) is 0.754. The summed E-state index contributed by atoms with van der Waals surface area (Å²) in [5.74, 6) is 0.466. The minimum Gasteiger partial charge on any atom is -0.382 e.